The summed E-state index contributed by atoms with van der Waals surface area (Å²) in [5.74, 6) is -1.07. The van der Waals surface area contributed by atoms with E-state index in [1.54, 1.807) is 23.7 Å². The van der Waals surface area contributed by atoms with Crippen LogP contribution in [0.5, 0.6) is 0 Å². The monoisotopic (exact) mass is 272 g/mol. The number of thioether (sulfide) groups is 1. The molecule has 1 heterocycles. The Balaban J connectivity index is 2.81. The molecular formula is C11H16N2O4S. The minimum absolute atomic E-state index is 0.0226. The molecule has 0 radical (unpaired) electrons. The number of carboxylic acids is 1. The maximum Gasteiger partial charge on any atom is 0.374 e. The zero-order chi connectivity index (χ0) is 13.7. The minimum Gasteiger partial charge on any atom is -0.475 e. The van der Waals surface area contributed by atoms with Crippen LogP contribution in [0.15, 0.2) is 10.6 Å². The fourth-order valence-corrected chi connectivity index (χ4v) is 2.36. The Bertz CT molecular complexity index is 432. The summed E-state index contributed by atoms with van der Waals surface area (Å²) in [5.41, 5.74) is 0.0226. The molecule has 18 heavy (non-hydrogen) atoms. The number of hydrogen-bond donors (Lipinski definition) is 1. The number of rotatable bonds is 6. The van der Waals surface area contributed by atoms with Gasteiger partial charge in [0.05, 0.1) is 0 Å². The SMILES string of the molecule is CCC(CSC)N(C)C(=O)c1cc(C(=O)O)on1. The van der Waals surface area contributed by atoms with Crippen LogP contribution >= 0.6 is 11.8 Å². The third-order valence-electron chi connectivity index (χ3n) is 2.64. The van der Waals surface area contributed by atoms with Gasteiger partial charge in [0.2, 0.25) is 5.76 Å². The van der Waals surface area contributed by atoms with Gasteiger partial charge in [0, 0.05) is 24.9 Å². The van der Waals surface area contributed by atoms with E-state index in [1.807, 2.05) is 13.2 Å². The van der Waals surface area contributed by atoms with Crippen LogP contribution in [0, 0.1) is 0 Å². The van der Waals surface area contributed by atoms with Gasteiger partial charge in [-0.3, -0.25) is 4.79 Å². The molecule has 0 aromatic carbocycles. The lowest BCUT2D eigenvalue weighted by molar-refractivity contribution is 0.0648. The molecule has 0 bridgehead atoms. The van der Waals surface area contributed by atoms with Gasteiger partial charge in [-0.25, -0.2) is 4.79 Å². The zero-order valence-corrected chi connectivity index (χ0v) is 11.4. The Labute approximate surface area is 109 Å². The van der Waals surface area contributed by atoms with Crippen LogP contribution in [-0.4, -0.2) is 52.1 Å². The quantitative estimate of drug-likeness (QED) is 0.846. The highest BCUT2D eigenvalue weighted by Crippen LogP contribution is 2.13. The van der Waals surface area contributed by atoms with E-state index in [2.05, 4.69) is 9.68 Å². The number of amides is 1. The number of hydrogen-bond acceptors (Lipinski definition) is 5. The van der Waals surface area contributed by atoms with Crippen molar-refractivity contribution in [1.29, 1.82) is 0 Å². The van der Waals surface area contributed by atoms with Crippen LogP contribution in [-0.2, 0) is 0 Å². The molecule has 1 amide bonds. The normalized spacial score (nSPS) is 12.2. The maximum atomic E-state index is 12.1. The maximum absolute atomic E-state index is 12.1. The van der Waals surface area contributed by atoms with Crippen LogP contribution in [0.1, 0.15) is 34.4 Å². The summed E-state index contributed by atoms with van der Waals surface area (Å²) in [6.07, 6.45) is 2.80. The molecule has 6 nitrogen and oxygen atoms in total. The molecule has 0 aliphatic rings. The molecule has 1 unspecified atom stereocenters. The first-order chi connectivity index (χ1) is 8.51. The summed E-state index contributed by atoms with van der Waals surface area (Å²) in [7, 11) is 1.68. The molecule has 1 N–H and O–H groups in total. The Kier molecular flexibility index (Phi) is 5.21. The fraction of sp³-hybridized carbons (Fsp3) is 0.545. The predicted octanol–water partition coefficient (Wildman–Crippen LogP) is 1.59. The first kappa shape index (κ1) is 14.6. The molecule has 1 aromatic heterocycles. The van der Waals surface area contributed by atoms with Crippen molar-refractivity contribution >= 4 is 23.6 Å². The fourth-order valence-electron chi connectivity index (χ4n) is 1.52. The van der Waals surface area contributed by atoms with Crippen LogP contribution in [0.4, 0.5) is 0 Å². The first-order valence-electron chi connectivity index (χ1n) is 5.47. The zero-order valence-electron chi connectivity index (χ0n) is 10.5. The third kappa shape index (κ3) is 3.25. The van der Waals surface area contributed by atoms with Crippen molar-refractivity contribution in [3.63, 3.8) is 0 Å². The highest BCUT2D eigenvalue weighted by molar-refractivity contribution is 7.98. The van der Waals surface area contributed by atoms with E-state index in [1.165, 1.54) is 0 Å². The molecule has 7 heteroatoms. The minimum atomic E-state index is -1.24. The summed E-state index contributed by atoms with van der Waals surface area (Å²) >= 11 is 1.65. The van der Waals surface area contributed by atoms with Crippen molar-refractivity contribution in [2.45, 2.75) is 19.4 Å². The molecule has 0 aliphatic carbocycles. The number of carbonyl (C=O) groups excluding carboxylic acids is 1. The lowest BCUT2D eigenvalue weighted by Crippen LogP contribution is -2.38. The van der Waals surface area contributed by atoms with Crippen molar-refractivity contribution in [2.24, 2.45) is 0 Å². The van der Waals surface area contributed by atoms with Crippen LogP contribution in [0.3, 0.4) is 0 Å². The number of aromatic nitrogens is 1. The summed E-state index contributed by atoms with van der Waals surface area (Å²) in [5, 5.41) is 12.2. The van der Waals surface area contributed by atoms with Gasteiger partial charge in [-0.05, 0) is 12.7 Å². The predicted molar refractivity (Wildman–Crippen MR) is 68.0 cm³/mol. The second-order valence-electron chi connectivity index (χ2n) is 3.82. The van der Waals surface area contributed by atoms with Crippen LogP contribution in [0.2, 0.25) is 0 Å². The Hall–Kier alpha value is -1.50. The van der Waals surface area contributed by atoms with Gasteiger partial charge in [-0.15, -0.1) is 0 Å². The van der Waals surface area contributed by atoms with Crippen molar-refractivity contribution in [2.75, 3.05) is 19.1 Å². The number of aromatic carboxylic acids is 1. The molecule has 0 saturated carbocycles. The van der Waals surface area contributed by atoms with Crippen molar-refractivity contribution in [3.05, 3.63) is 17.5 Å². The van der Waals surface area contributed by atoms with E-state index in [9.17, 15) is 9.59 Å². The lowest BCUT2D eigenvalue weighted by atomic mass is 10.2. The lowest BCUT2D eigenvalue weighted by Gasteiger charge is -2.25. The van der Waals surface area contributed by atoms with E-state index >= 15 is 0 Å². The topological polar surface area (TPSA) is 83.6 Å². The molecule has 0 saturated heterocycles. The van der Waals surface area contributed by atoms with E-state index in [-0.39, 0.29) is 23.4 Å². The Morgan fingerprint density at radius 2 is 2.28 bits per heavy atom. The van der Waals surface area contributed by atoms with Crippen LogP contribution in [0.25, 0.3) is 0 Å². The van der Waals surface area contributed by atoms with Crippen molar-refractivity contribution < 1.29 is 19.2 Å². The van der Waals surface area contributed by atoms with Gasteiger partial charge in [0.15, 0.2) is 5.69 Å². The Morgan fingerprint density at radius 3 is 2.72 bits per heavy atom. The summed E-state index contributed by atoms with van der Waals surface area (Å²) in [4.78, 5) is 24.3. The van der Waals surface area contributed by atoms with E-state index in [0.29, 0.717) is 0 Å². The molecular weight excluding hydrogens is 256 g/mol. The molecule has 1 atom stereocenters. The molecule has 100 valence electrons. The average molecular weight is 272 g/mol. The second kappa shape index (κ2) is 6.44. The van der Waals surface area contributed by atoms with Gasteiger partial charge in [-0.2, -0.15) is 11.8 Å². The average Bonchev–Trinajstić information content (AvgIpc) is 2.83. The summed E-state index contributed by atoms with van der Waals surface area (Å²) in [6, 6.07) is 1.24. The van der Waals surface area contributed by atoms with Crippen molar-refractivity contribution in [3.8, 4) is 0 Å². The van der Waals surface area contributed by atoms with Gasteiger partial charge in [0.25, 0.3) is 5.91 Å². The van der Waals surface area contributed by atoms with E-state index in [0.717, 1.165) is 18.2 Å². The van der Waals surface area contributed by atoms with Gasteiger partial charge >= 0.3 is 5.97 Å². The first-order valence-corrected chi connectivity index (χ1v) is 6.86. The van der Waals surface area contributed by atoms with Crippen molar-refractivity contribution in [1.82, 2.24) is 10.1 Å². The molecule has 0 aliphatic heterocycles. The summed E-state index contributed by atoms with van der Waals surface area (Å²) < 4.78 is 4.57. The second-order valence-corrected chi connectivity index (χ2v) is 4.73. The molecule has 0 spiro atoms. The standard InChI is InChI=1S/C11H16N2O4S/c1-4-7(6-18-3)13(2)10(14)8-5-9(11(15)16)17-12-8/h5,7H,4,6H2,1-3H3,(H,15,16). The van der Waals surface area contributed by atoms with Gasteiger partial charge < -0.3 is 14.5 Å². The summed E-state index contributed by atoms with van der Waals surface area (Å²) in [6.45, 7) is 2.00. The smallest absolute Gasteiger partial charge is 0.374 e. The van der Waals surface area contributed by atoms with Gasteiger partial charge in [0.1, 0.15) is 0 Å². The highest BCUT2D eigenvalue weighted by Gasteiger charge is 2.23. The number of carbonyl (C=O) groups is 2. The molecule has 0 fully saturated rings. The number of nitrogens with zero attached hydrogens (tertiary/aromatic N) is 2. The highest BCUT2D eigenvalue weighted by atomic mass is 32.2. The third-order valence-corrected chi connectivity index (χ3v) is 3.36. The molecule has 1 rings (SSSR count). The van der Waals surface area contributed by atoms with Gasteiger partial charge in [-0.1, -0.05) is 12.1 Å². The largest absolute Gasteiger partial charge is 0.475 e. The van der Waals surface area contributed by atoms with E-state index < -0.39 is 5.97 Å². The number of carboxylic acid groups (broad SMARTS) is 1. The molecule has 1 aromatic rings. The van der Waals surface area contributed by atoms with Crippen LogP contribution < -0.4 is 0 Å². The Morgan fingerprint density at radius 1 is 1.61 bits per heavy atom. The van der Waals surface area contributed by atoms with E-state index in [4.69, 9.17) is 5.11 Å².